The van der Waals surface area contributed by atoms with Crippen LogP contribution < -0.4 is 0 Å². The summed E-state index contributed by atoms with van der Waals surface area (Å²) in [7, 11) is 1.72. The van der Waals surface area contributed by atoms with E-state index in [1.165, 1.54) is 0 Å². The Kier molecular flexibility index (Phi) is 3.59. The summed E-state index contributed by atoms with van der Waals surface area (Å²) < 4.78 is 3.27. The van der Waals surface area contributed by atoms with Crippen molar-refractivity contribution in [1.82, 2.24) is 0 Å². The Morgan fingerprint density at radius 3 is 1.12 bits per heavy atom. The van der Waals surface area contributed by atoms with Crippen molar-refractivity contribution >= 4 is 18.1 Å². The van der Waals surface area contributed by atoms with Gasteiger partial charge in [-0.1, -0.05) is 0 Å². The van der Waals surface area contributed by atoms with E-state index in [9.17, 15) is 0 Å². The lowest BCUT2D eigenvalue weighted by molar-refractivity contribution is 0.257. The molecule has 0 aromatic heterocycles. The highest BCUT2D eigenvalue weighted by atomic mass is 28.4. The smallest absolute Gasteiger partial charge is 0.426 e. The third-order valence-corrected chi connectivity index (χ3v) is 6.12. The summed E-state index contributed by atoms with van der Waals surface area (Å²) in [5.74, 6) is 0. The van der Waals surface area contributed by atoms with Gasteiger partial charge in [-0.2, -0.15) is 0 Å². The van der Waals surface area contributed by atoms with E-state index in [1.807, 2.05) is 0 Å². The molecule has 0 aromatic carbocycles. The number of rotatable bonds is 2. The summed E-state index contributed by atoms with van der Waals surface area (Å²) in [6.45, 7) is 9.19. The predicted molar refractivity (Wildman–Crippen MR) is 42.0 cm³/mol. The minimum Gasteiger partial charge on any atom is -0.617 e. The fourth-order valence-electron chi connectivity index (χ4n) is 0.408. The van der Waals surface area contributed by atoms with Gasteiger partial charge in [0, 0.05) is 26.2 Å². The van der Waals surface area contributed by atoms with Gasteiger partial charge in [-0.25, -0.2) is 0 Å². The predicted octanol–water partition coefficient (Wildman–Crippen LogP) is 1.67. The van der Waals surface area contributed by atoms with Crippen molar-refractivity contribution < 1.29 is 3.75 Å². The van der Waals surface area contributed by atoms with Gasteiger partial charge in [0.1, 0.15) is 0 Å². The highest BCUT2D eigenvalue weighted by Crippen LogP contribution is 2.00. The van der Waals surface area contributed by atoms with Gasteiger partial charge in [0.2, 0.25) is 0 Å². The van der Waals surface area contributed by atoms with Crippen LogP contribution in [-0.4, -0.2) is 25.2 Å². The first-order chi connectivity index (χ1) is 3.55. The van der Waals surface area contributed by atoms with Crippen molar-refractivity contribution in [3.63, 3.8) is 0 Å². The quantitative estimate of drug-likeness (QED) is 0.413. The average molecular weight is 147 g/mol. The Morgan fingerprint density at radius 1 is 0.875 bits per heavy atom. The van der Waals surface area contributed by atoms with Gasteiger partial charge in [0.05, 0.1) is 7.11 Å². The molecular formula is C5H15OSi2+. The van der Waals surface area contributed by atoms with Gasteiger partial charge in [-0.05, 0) is 0 Å². The Hall–Kier alpha value is 0.394. The average Bonchev–Trinajstić information content (AvgIpc) is 1.64. The largest absolute Gasteiger partial charge is 0.617 e. The van der Waals surface area contributed by atoms with Gasteiger partial charge in [0.25, 0.3) is 0 Å². The van der Waals surface area contributed by atoms with Crippen molar-refractivity contribution in [2.75, 3.05) is 7.11 Å². The third-order valence-electron chi connectivity index (χ3n) is 1.22. The monoisotopic (exact) mass is 147 g/mol. The summed E-state index contributed by atoms with van der Waals surface area (Å²) in [6, 6.07) is 0. The second-order valence-electron chi connectivity index (χ2n) is 2.33. The molecule has 3 heteroatoms. The van der Waals surface area contributed by atoms with E-state index in [4.69, 9.17) is 0 Å². The minimum absolute atomic E-state index is 0.217. The van der Waals surface area contributed by atoms with E-state index in [0.29, 0.717) is 0 Å². The second-order valence-corrected chi connectivity index (χ2v) is 7.59. The molecule has 0 heterocycles. The Labute approximate surface area is 55.8 Å². The molecule has 0 aliphatic rings. The molecule has 0 unspecified atom stereocenters. The molecule has 48 valence electrons. The zero-order valence-electron chi connectivity index (χ0n) is 6.41. The highest BCUT2D eigenvalue weighted by Gasteiger charge is 2.20. The minimum atomic E-state index is -0.217. The lowest BCUT2D eigenvalue weighted by Gasteiger charge is -2.21. The third kappa shape index (κ3) is 2.64. The molecule has 0 rings (SSSR count). The summed E-state index contributed by atoms with van der Waals surface area (Å²) in [6.07, 6.45) is 0. The van der Waals surface area contributed by atoms with Crippen molar-refractivity contribution in [1.29, 1.82) is 0 Å². The molecule has 0 atom stereocenters. The van der Waals surface area contributed by atoms with Gasteiger partial charge in [0.15, 0.2) is 0 Å². The molecule has 0 bridgehead atoms. The molecule has 0 amide bonds. The van der Waals surface area contributed by atoms with Crippen molar-refractivity contribution in [3.05, 3.63) is 0 Å². The molecule has 0 saturated carbocycles. The summed E-state index contributed by atoms with van der Waals surface area (Å²) >= 11 is 0. The molecule has 0 fully saturated rings. The van der Waals surface area contributed by atoms with Crippen LogP contribution in [0.1, 0.15) is 0 Å². The van der Waals surface area contributed by atoms with Crippen LogP contribution in [0.2, 0.25) is 26.2 Å². The normalized spacial score (nSPS) is 12.0. The first-order valence-electron chi connectivity index (χ1n) is 2.82. The molecule has 1 nitrogen and oxygen atoms in total. The van der Waals surface area contributed by atoms with Crippen LogP contribution >= 0.6 is 0 Å². The Bertz CT molecular complexity index is 55.4. The Balaban J connectivity index is 3.46. The van der Waals surface area contributed by atoms with E-state index in [-0.39, 0.29) is 18.1 Å². The summed E-state index contributed by atoms with van der Waals surface area (Å²) in [4.78, 5) is 0. The molecule has 0 spiro atoms. The molecule has 0 aromatic rings. The van der Waals surface area contributed by atoms with Crippen molar-refractivity contribution in [2.45, 2.75) is 26.2 Å². The van der Waals surface area contributed by atoms with Crippen LogP contribution in [0, 0.1) is 0 Å². The molecule has 2 radical (unpaired) electrons. The maximum absolute atomic E-state index is 3.27. The van der Waals surface area contributed by atoms with Crippen LogP contribution in [0.3, 0.4) is 0 Å². The molecule has 0 saturated heterocycles. The maximum atomic E-state index is 3.27. The lowest BCUT2D eigenvalue weighted by atomic mass is 11.8. The number of hydrogen-bond donors (Lipinski definition) is 0. The second kappa shape index (κ2) is 3.43. The number of hydrogen-bond acceptors (Lipinski definition) is 0. The van der Waals surface area contributed by atoms with Gasteiger partial charge >= 0.3 is 18.1 Å². The van der Waals surface area contributed by atoms with Crippen LogP contribution in [0.4, 0.5) is 0 Å². The zero-order chi connectivity index (χ0) is 6.73. The molecule has 0 aliphatic heterocycles. The molecule has 0 aliphatic carbocycles. The van der Waals surface area contributed by atoms with Gasteiger partial charge in [-0.3, -0.25) is 0 Å². The van der Waals surface area contributed by atoms with E-state index < -0.39 is 0 Å². The van der Waals surface area contributed by atoms with E-state index in [1.54, 1.807) is 0 Å². The van der Waals surface area contributed by atoms with Crippen LogP contribution in [0.25, 0.3) is 0 Å². The van der Waals surface area contributed by atoms with Crippen LogP contribution in [-0.2, 0) is 3.75 Å². The topological polar surface area (TPSA) is 2.70 Å². The van der Waals surface area contributed by atoms with Gasteiger partial charge < -0.3 is 3.75 Å². The SMILES string of the molecule is C[O+]([Si](C)C)[Si](C)C. The van der Waals surface area contributed by atoms with Crippen molar-refractivity contribution in [3.8, 4) is 0 Å². The van der Waals surface area contributed by atoms with Gasteiger partial charge in [-0.15, -0.1) is 0 Å². The standard InChI is InChI=1S/C5H15OSi2/c1-6(7(2)3)8(4)5/h1-5H3/q+1. The van der Waals surface area contributed by atoms with Crippen molar-refractivity contribution in [2.24, 2.45) is 0 Å². The fourth-order valence-corrected chi connectivity index (χ4v) is 3.67. The summed E-state index contributed by atoms with van der Waals surface area (Å²) in [5.41, 5.74) is 0. The van der Waals surface area contributed by atoms with E-state index in [0.717, 1.165) is 0 Å². The lowest BCUT2D eigenvalue weighted by Crippen LogP contribution is -2.31. The van der Waals surface area contributed by atoms with E-state index in [2.05, 4.69) is 37.0 Å². The highest BCUT2D eigenvalue weighted by molar-refractivity contribution is 6.64. The first kappa shape index (κ1) is 8.39. The Morgan fingerprint density at radius 2 is 1.12 bits per heavy atom. The maximum Gasteiger partial charge on any atom is 0.426 e. The molecule has 8 heavy (non-hydrogen) atoms. The summed E-state index contributed by atoms with van der Waals surface area (Å²) in [5, 5.41) is 0. The molecular weight excluding hydrogens is 132 g/mol. The first-order valence-corrected chi connectivity index (χ1v) is 7.63. The van der Waals surface area contributed by atoms with Crippen LogP contribution in [0.15, 0.2) is 0 Å². The fraction of sp³-hybridized carbons (Fsp3) is 1.00. The zero-order valence-corrected chi connectivity index (χ0v) is 8.41. The van der Waals surface area contributed by atoms with E-state index >= 15 is 0 Å². The molecule has 0 N–H and O–H groups in total. The van der Waals surface area contributed by atoms with Crippen LogP contribution in [0.5, 0.6) is 0 Å².